The lowest BCUT2D eigenvalue weighted by Gasteiger charge is -2.22. The molecule has 1 aliphatic heterocycles. The van der Waals surface area contributed by atoms with Crippen LogP contribution in [0.25, 0.3) is 0 Å². The molecule has 1 aliphatic rings. The molecule has 0 bridgehead atoms. The largest absolute Gasteiger partial charge is 0.459 e. The Morgan fingerprint density at radius 3 is 2.79 bits per heavy atom. The molecule has 0 saturated heterocycles. The second-order valence-corrected chi connectivity index (χ2v) is 4.57. The van der Waals surface area contributed by atoms with Gasteiger partial charge in [-0.15, -0.1) is 0 Å². The van der Waals surface area contributed by atoms with E-state index in [1.54, 1.807) is 12.1 Å². The van der Waals surface area contributed by atoms with Crippen LogP contribution in [0.2, 0.25) is 0 Å². The van der Waals surface area contributed by atoms with Gasteiger partial charge >= 0.3 is 5.97 Å². The van der Waals surface area contributed by atoms with Gasteiger partial charge in [0.25, 0.3) is 0 Å². The highest BCUT2D eigenvalue weighted by atomic mass is 19.1. The molecule has 0 unspecified atom stereocenters. The Morgan fingerprint density at radius 2 is 2.11 bits per heavy atom. The number of ether oxygens (including phenoxy) is 1. The molecule has 3 nitrogen and oxygen atoms in total. The third kappa shape index (κ3) is 3.92. The number of cyclic esters (lactones) is 1. The van der Waals surface area contributed by atoms with Crippen molar-refractivity contribution in [2.45, 2.75) is 31.8 Å². The van der Waals surface area contributed by atoms with Crippen LogP contribution in [0.5, 0.6) is 0 Å². The molecular weight excluding hydrogens is 245 g/mol. The van der Waals surface area contributed by atoms with Crippen molar-refractivity contribution in [2.24, 2.45) is 0 Å². The van der Waals surface area contributed by atoms with Gasteiger partial charge in [-0.3, -0.25) is 0 Å². The first-order chi connectivity index (χ1) is 9.17. The SMILES string of the molecule is N#CCC[C@@H]1CC(Cc2ccc(F)cc2)=CC(=O)O1. The van der Waals surface area contributed by atoms with Gasteiger partial charge in [-0.05, 0) is 30.5 Å². The summed E-state index contributed by atoms with van der Waals surface area (Å²) in [7, 11) is 0. The summed E-state index contributed by atoms with van der Waals surface area (Å²) in [6.45, 7) is 0. The van der Waals surface area contributed by atoms with Crippen LogP contribution in [0.4, 0.5) is 4.39 Å². The standard InChI is InChI=1S/C15H14FNO2/c16-13-5-3-11(4-6-13)8-12-9-14(2-1-7-17)19-15(18)10-12/h3-6,10,14H,1-2,8-9H2/t14-/m1/s1. The zero-order valence-corrected chi connectivity index (χ0v) is 10.4. The van der Waals surface area contributed by atoms with Gasteiger partial charge in [0, 0.05) is 18.9 Å². The predicted molar refractivity (Wildman–Crippen MR) is 67.5 cm³/mol. The highest BCUT2D eigenvalue weighted by Gasteiger charge is 2.21. The summed E-state index contributed by atoms with van der Waals surface area (Å²) >= 11 is 0. The van der Waals surface area contributed by atoms with Crippen molar-refractivity contribution in [1.29, 1.82) is 5.26 Å². The Bertz CT molecular complexity index is 528. The van der Waals surface area contributed by atoms with Crippen LogP contribution in [0, 0.1) is 17.1 Å². The van der Waals surface area contributed by atoms with Gasteiger partial charge in [0.05, 0.1) is 6.07 Å². The Morgan fingerprint density at radius 1 is 1.37 bits per heavy atom. The Hall–Kier alpha value is -2.15. The van der Waals surface area contributed by atoms with E-state index >= 15 is 0 Å². The van der Waals surface area contributed by atoms with Gasteiger partial charge in [-0.2, -0.15) is 5.26 Å². The highest BCUT2D eigenvalue weighted by molar-refractivity contribution is 5.84. The quantitative estimate of drug-likeness (QED) is 0.781. The number of hydrogen-bond acceptors (Lipinski definition) is 3. The van der Waals surface area contributed by atoms with Gasteiger partial charge in [0.1, 0.15) is 11.9 Å². The second kappa shape index (κ2) is 6.14. The molecule has 1 heterocycles. The van der Waals surface area contributed by atoms with E-state index < -0.39 is 0 Å². The fraction of sp³-hybridized carbons (Fsp3) is 0.333. The zero-order chi connectivity index (χ0) is 13.7. The van der Waals surface area contributed by atoms with Crippen molar-refractivity contribution in [3.05, 3.63) is 47.3 Å². The average molecular weight is 259 g/mol. The molecular formula is C15H14FNO2. The maximum absolute atomic E-state index is 12.8. The molecule has 1 atom stereocenters. The number of esters is 1. The molecule has 0 saturated carbocycles. The number of carbonyl (C=O) groups excluding carboxylic acids is 1. The fourth-order valence-electron chi connectivity index (χ4n) is 2.13. The van der Waals surface area contributed by atoms with Crippen molar-refractivity contribution in [3.63, 3.8) is 0 Å². The Kier molecular flexibility index (Phi) is 4.30. The molecule has 0 amide bonds. The smallest absolute Gasteiger partial charge is 0.330 e. The van der Waals surface area contributed by atoms with E-state index in [0.717, 1.165) is 11.1 Å². The number of halogens is 1. The van der Waals surface area contributed by atoms with E-state index in [1.165, 1.54) is 18.2 Å². The average Bonchev–Trinajstić information content (AvgIpc) is 2.38. The second-order valence-electron chi connectivity index (χ2n) is 4.57. The number of carbonyl (C=O) groups is 1. The number of benzene rings is 1. The normalized spacial score (nSPS) is 18.4. The third-order valence-corrected chi connectivity index (χ3v) is 3.02. The van der Waals surface area contributed by atoms with Crippen molar-refractivity contribution in [2.75, 3.05) is 0 Å². The van der Waals surface area contributed by atoms with Gasteiger partial charge < -0.3 is 4.74 Å². The van der Waals surface area contributed by atoms with Crippen LogP contribution in [0.3, 0.4) is 0 Å². The van der Waals surface area contributed by atoms with E-state index in [4.69, 9.17) is 10.00 Å². The molecule has 0 spiro atoms. The summed E-state index contributed by atoms with van der Waals surface area (Å²) in [6.07, 6.45) is 3.47. The van der Waals surface area contributed by atoms with Gasteiger partial charge in [-0.1, -0.05) is 17.7 Å². The molecule has 0 fully saturated rings. The minimum absolute atomic E-state index is 0.215. The molecule has 2 rings (SSSR count). The monoisotopic (exact) mass is 259 g/mol. The van der Waals surface area contributed by atoms with E-state index in [9.17, 15) is 9.18 Å². The first kappa shape index (κ1) is 13.3. The zero-order valence-electron chi connectivity index (χ0n) is 10.4. The summed E-state index contributed by atoms with van der Waals surface area (Å²) in [5.41, 5.74) is 1.92. The maximum atomic E-state index is 12.8. The van der Waals surface area contributed by atoms with Crippen LogP contribution in [0.1, 0.15) is 24.8 Å². The summed E-state index contributed by atoms with van der Waals surface area (Å²) in [6, 6.07) is 8.28. The Labute approximate surface area is 111 Å². The first-order valence-electron chi connectivity index (χ1n) is 6.19. The van der Waals surface area contributed by atoms with Crippen molar-refractivity contribution in [3.8, 4) is 6.07 Å². The molecule has 19 heavy (non-hydrogen) atoms. The van der Waals surface area contributed by atoms with Crippen LogP contribution in [0.15, 0.2) is 35.9 Å². The number of nitriles is 1. The summed E-state index contributed by atoms with van der Waals surface area (Å²) < 4.78 is 18.0. The minimum Gasteiger partial charge on any atom is -0.459 e. The number of hydrogen-bond donors (Lipinski definition) is 0. The lowest BCUT2D eigenvalue weighted by Crippen LogP contribution is -2.23. The molecule has 0 N–H and O–H groups in total. The van der Waals surface area contributed by atoms with Crippen LogP contribution < -0.4 is 0 Å². The summed E-state index contributed by atoms with van der Waals surface area (Å²) in [4.78, 5) is 11.4. The maximum Gasteiger partial charge on any atom is 0.330 e. The van der Waals surface area contributed by atoms with E-state index in [1.807, 2.05) is 6.07 Å². The molecule has 1 aromatic carbocycles. The van der Waals surface area contributed by atoms with Gasteiger partial charge in [0.15, 0.2) is 0 Å². The molecule has 0 aromatic heterocycles. The predicted octanol–water partition coefficient (Wildman–Crippen LogP) is 2.91. The lowest BCUT2D eigenvalue weighted by atomic mass is 9.96. The molecule has 0 aliphatic carbocycles. The van der Waals surface area contributed by atoms with Crippen LogP contribution >= 0.6 is 0 Å². The van der Waals surface area contributed by atoms with E-state index in [0.29, 0.717) is 25.7 Å². The summed E-state index contributed by atoms with van der Waals surface area (Å²) in [5, 5.41) is 8.55. The van der Waals surface area contributed by atoms with Crippen molar-refractivity contribution >= 4 is 5.97 Å². The van der Waals surface area contributed by atoms with Gasteiger partial charge in [-0.25, -0.2) is 9.18 Å². The molecule has 4 heteroatoms. The fourth-order valence-corrected chi connectivity index (χ4v) is 2.13. The Balaban J connectivity index is 2.01. The topological polar surface area (TPSA) is 50.1 Å². The van der Waals surface area contributed by atoms with Crippen molar-refractivity contribution in [1.82, 2.24) is 0 Å². The van der Waals surface area contributed by atoms with Crippen LogP contribution in [-0.2, 0) is 16.0 Å². The van der Waals surface area contributed by atoms with E-state index in [2.05, 4.69) is 0 Å². The third-order valence-electron chi connectivity index (χ3n) is 3.02. The van der Waals surface area contributed by atoms with E-state index in [-0.39, 0.29) is 17.9 Å². The van der Waals surface area contributed by atoms with Crippen LogP contribution in [-0.4, -0.2) is 12.1 Å². The highest BCUT2D eigenvalue weighted by Crippen LogP contribution is 2.22. The van der Waals surface area contributed by atoms with Gasteiger partial charge in [0.2, 0.25) is 0 Å². The molecule has 0 radical (unpaired) electrons. The number of nitrogens with zero attached hydrogens (tertiary/aromatic N) is 1. The molecule has 98 valence electrons. The first-order valence-corrected chi connectivity index (χ1v) is 6.19. The number of rotatable bonds is 4. The van der Waals surface area contributed by atoms with Crippen molar-refractivity contribution < 1.29 is 13.9 Å². The molecule has 1 aromatic rings. The summed E-state index contributed by atoms with van der Waals surface area (Å²) in [5.74, 6) is -0.626. The lowest BCUT2D eigenvalue weighted by molar-refractivity contribution is -0.144. The minimum atomic E-state index is -0.355.